The van der Waals surface area contributed by atoms with Crippen molar-refractivity contribution in [3.05, 3.63) is 41.5 Å². The molecule has 0 atom stereocenters. The molecular formula is C12H9F2LiO4. The molecule has 19 heavy (non-hydrogen) atoms. The van der Waals surface area contributed by atoms with Gasteiger partial charge in [-0.25, -0.2) is 13.6 Å². The van der Waals surface area contributed by atoms with Gasteiger partial charge in [0.2, 0.25) is 0 Å². The van der Waals surface area contributed by atoms with Crippen LogP contribution in [0.4, 0.5) is 8.78 Å². The molecule has 0 N–H and O–H groups in total. The number of benzene rings is 1. The van der Waals surface area contributed by atoms with Crippen LogP contribution in [-0.4, -0.2) is 18.4 Å². The van der Waals surface area contributed by atoms with E-state index in [-0.39, 0.29) is 25.5 Å². The van der Waals surface area contributed by atoms with Crippen molar-refractivity contribution in [1.82, 2.24) is 0 Å². The van der Waals surface area contributed by atoms with Crippen molar-refractivity contribution in [3.63, 3.8) is 0 Å². The first-order valence-electron chi connectivity index (χ1n) is 5.01. The molecule has 0 bridgehead atoms. The fourth-order valence-corrected chi connectivity index (χ4v) is 1.15. The van der Waals surface area contributed by atoms with Crippen molar-refractivity contribution in [2.24, 2.45) is 0 Å². The fourth-order valence-electron chi connectivity index (χ4n) is 1.15. The molecule has 1 rings (SSSR count). The first-order chi connectivity index (χ1) is 8.47. The molecule has 0 unspecified atom stereocenters. The van der Waals surface area contributed by atoms with Crippen molar-refractivity contribution in [2.75, 3.05) is 6.61 Å². The second kappa shape index (κ2) is 7.72. The number of rotatable bonds is 4. The number of ether oxygens (including phenoxy) is 1. The predicted molar refractivity (Wildman–Crippen MR) is 56.0 cm³/mol. The summed E-state index contributed by atoms with van der Waals surface area (Å²) in [5.74, 6) is -6.11. The van der Waals surface area contributed by atoms with Crippen LogP contribution in [0, 0.1) is 11.6 Å². The maximum absolute atomic E-state index is 13.2. The summed E-state index contributed by atoms with van der Waals surface area (Å²) in [6.07, 6.45) is 0.371. The van der Waals surface area contributed by atoms with Crippen LogP contribution in [0.2, 0.25) is 0 Å². The molecule has 4 nitrogen and oxygen atoms in total. The van der Waals surface area contributed by atoms with E-state index in [1.54, 1.807) is 0 Å². The number of ketones is 1. The molecule has 96 valence electrons. The SMILES string of the molecule is CCOC(=O)C(=O)C=C([O-])c1cccc(F)c1F.[Li+]. The first-order valence-corrected chi connectivity index (χ1v) is 5.01. The van der Waals surface area contributed by atoms with Gasteiger partial charge < -0.3 is 9.84 Å². The van der Waals surface area contributed by atoms with E-state index in [0.717, 1.165) is 18.2 Å². The molecule has 0 fully saturated rings. The third-order valence-electron chi connectivity index (χ3n) is 1.96. The summed E-state index contributed by atoms with van der Waals surface area (Å²) in [5.41, 5.74) is -0.618. The first kappa shape index (κ1) is 17.4. The van der Waals surface area contributed by atoms with Crippen LogP contribution in [0.15, 0.2) is 24.3 Å². The molecule has 0 aliphatic rings. The van der Waals surface area contributed by atoms with E-state index in [1.165, 1.54) is 6.92 Å². The zero-order chi connectivity index (χ0) is 13.7. The Hall–Kier alpha value is -1.64. The second-order valence-electron chi connectivity index (χ2n) is 3.19. The maximum atomic E-state index is 13.2. The van der Waals surface area contributed by atoms with Crippen LogP contribution in [0.3, 0.4) is 0 Å². The van der Waals surface area contributed by atoms with Gasteiger partial charge in [0.25, 0.3) is 5.78 Å². The van der Waals surface area contributed by atoms with E-state index < -0.39 is 34.7 Å². The van der Waals surface area contributed by atoms with Gasteiger partial charge >= 0.3 is 24.8 Å². The van der Waals surface area contributed by atoms with E-state index in [1.807, 2.05) is 0 Å². The zero-order valence-electron chi connectivity index (χ0n) is 10.4. The standard InChI is InChI=1S/C12H10F2O4.Li/c1-2-18-12(17)10(16)6-9(15)7-4-3-5-8(13)11(7)14;/h3-6,15H,2H2,1H3;/q;+1/p-1. The molecule has 0 aromatic heterocycles. The number of hydrogen-bond acceptors (Lipinski definition) is 4. The molecule has 1 aromatic rings. The third kappa shape index (κ3) is 4.51. The van der Waals surface area contributed by atoms with E-state index in [4.69, 9.17) is 0 Å². The average Bonchev–Trinajstić information content (AvgIpc) is 2.32. The maximum Gasteiger partial charge on any atom is 1.00 e. The third-order valence-corrected chi connectivity index (χ3v) is 1.96. The summed E-state index contributed by atoms with van der Waals surface area (Å²) in [4.78, 5) is 22.1. The Labute approximate surface area is 120 Å². The number of carbonyl (C=O) groups excluding carboxylic acids is 2. The van der Waals surface area contributed by atoms with E-state index in [0.29, 0.717) is 6.08 Å². The molecule has 0 saturated carbocycles. The van der Waals surface area contributed by atoms with E-state index in [2.05, 4.69) is 4.74 Å². The van der Waals surface area contributed by atoms with Crippen molar-refractivity contribution in [3.8, 4) is 0 Å². The van der Waals surface area contributed by atoms with Crippen molar-refractivity contribution < 1.29 is 47.1 Å². The van der Waals surface area contributed by atoms with Gasteiger partial charge in [-0.3, -0.25) is 4.79 Å². The molecular weight excluding hydrogens is 253 g/mol. The number of hydrogen-bond donors (Lipinski definition) is 0. The molecule has 0 aliphatic heterocycles. The van der Waals surface area contributed by atoms with Gasteiger partial charge in [0.15, 0.2) is 11.6 Å². The Bertz CT molecular complexity index is 514. The molecule has 0 heterocycles. The van der Waals surface area contributed by atoms with Gasteiger partial charge in [-0.05, 0) is 19.1 Å². The van der Waals surface area contributed by atoms with Crippen molar-refractivity contribution >= 4 is 17.5 Å². The molecule has 0 saturated heterocycles. The van der Waals surface area contributed by atoms with Gasteiger partial charge in [0.1, 0.15) is 0 Å². The fraction of sp³-hybridized carbons (Fsp3) is 0.167. The number of esters is 1. The molecule has 0 spiro atoms. The largest absolute Gasteiger partial charge is 1.00 e. The van der Waals surface area contributed by atoms with Crippen LogP contribution in [0.5, 0.6) is 0 Å². The molecule has 0 aliphatic carbocycles. The Morgan fingerprint density at radius 2 is 2.00 bits per heavy atom. The van der Waals surface area contributed by atoms with Crippen molar-refractivity contribution in [1.29, 1.82) is 0 Å². The summed E-state index contributed by atoms with van der Waals surface area (Å²) in [7, 11) is 0. The molecule has 7 heteroatoms. The Morgan fingerprint density at radius 3 is 2.58 bits per heavy atom. The normalized spacial score (nSPS) is 10.6. The van der Waals surface area contributed by atoms with Gasteiger partial charge in [0.05, 0.1) is 6.61 Å². The smallest absolute Gasteiger partial charge is 0.872 e. The summed E-state index contributed by atoms with van der Waals surface area (Å²) in [6, 6.07) is 2.96. The van der Waals surface area contributed by atoms with Crippen LogP contribution in [-0.2, 0) is 14.3 Å². The van der Waals surface area contributed by atoms with Crippen molar-refractivity contribution in [2.45, 2.75) is 6.92 Å². The van der Waals surface area contributed by atoms with E-state index >= 15 is 0 Å². The minimum atomic E-state index is -1.37. The quantitative estimate of drug-likeness (QED) is 0.203. The second-order valence-corrected chi connectivity index (χ2v) is 3.19. The zero-order valence-corrected chi connectivity index (χ0v) is 10.4. The van der Waals surface area contributed by atoms with E-state index in [9.17, 15) is 23.5 Å². The van der Waals surface area contributed by atoms with Gasteiger partial charge in [0, 0.05) is 5.56 Å². The average molecular weight is 262 g/mol. The predicted octanol–water partition coefficient (Wildman–Crippen LogP) is -2.20. The summed E-state index contributed by atoms with van der Waals surface area (Å²) < 4.78 is 30.4. The Morgan fingerprint density at radius 1 is 1.37 bits per heavy atom. The van der Waals surface area contributed by atoms with Gasteiger partial charge in [-0.2, -0.15) is 0 Å². The van der Waals surface area contributed by atoms with Gasteiger partial charge in [-0.1, -0.05) is 17.9 Å². The van der Waals surface area contributed by atoms with Crippen LogP contribution in [0.1, 0.15) is 12.5 Å². The minimum absolute atomic E-state index is 0. The Balaban J connectivity index is 0.00000324. The van der Waals surface area contributed by atoms with Crippen LogP contribution >= 0.6 is 0 Å². The summed E-state index contributed by atoms with van der Waals surface area (Å²) in [5, 5.41) is 11.4. The van der Waals surface area contributed by atoms with Gasteiger partial charge in [-0.15, -0.1) is 0 Å². The topological polar surface area (TPSA) is 66.4 Å². The Kier molecular flexibility index (Phi) is 7.05. The minimum Gasteiger partial charge on any atom is -0.872 e. The number of carbonyl (C=O) groups is 2. The summed E-state index contributed by atoms with van der Waals surface area (Å²) >= 11 is 0. The van der Waals surface area contributed by atoms with Crippen LogP contribution in [0.25, 0.3) is 5.76 Å². The van der Waals surface area contributed by atoms with Crippen LogP contribution < -0.4 is 24.0 Å². The monoisotopic (exact) mass is 262 g/mol. The molecule has 1 aromatic carbocycles. The number of halogens is 2. The molecule has 0 radical (unpaired) electrons. The molecule has 0 amide bonds. The summed E-state index contributed by atoms with van der Waals surface area (Å²) in [6.45, 7) is 1.46.